The van der Waals surface area contributed by atoms with Gasteiger partial charge >= 0.3 is 5.97 Å². The molecule has 0 saturated carbocycles. The maximum atomic E-state index is 11.9. The molecule has 7 heteroatoms. The first-order chi connectivity index (χ1) is 17.9. The second kappa shape index (κ2) is 20.7. The number of nitrogens with zero attached hydrogens (tertiary/aromatic N) is 1. The number of hydrogen-bond donors (Lipinski definition) is 5. The van der Waals surface area contributed by atoms with Crippen LogP contribution in [-0.4, -0.2) is 52.5 Å². The van der Waals surface area contributed by atoms with Crippen molar-refractivity contribution < 1.29 is 20.1 Å². The van der Waals surface area contributed by atoms with E-state index in [0.717, 1.165) is 69.8 Å². The van der Waals surface area contributed by atoms with E-state index in [4.69, 9.17) is 10.8 Å². The molecule has 210 valence electrons. The van der Waals surface area contributed by atoms with Crippen LogP contribution >= 0.6 is 0 Å². The predicted octanol–water partition coefficient (Wildman–Crippen LogP) is 5.26. The molecule has 1 aliphatic carbocycles. The van der Waals surface area contributed by atoms with Gasteiger partial charge in [0.25, 0.3) is 0 Å². The zero-order chi connectivity index (χ0) is 27.3. The molecule has 37 heavy (non-hydrogen) atoms. The van der Waals surface area contributed by atoms with Gasteiger partial charge in [0.15, 0.2) is 5.96 Å². The Morgan fingerprint density at radius 1 is 1.19 bits per heavy atom. The van der Waals surface area contributed by atoms with Gasteiger partial charge in [0, 0.05) is 6.61 Å². The van der Waals surface area contributed by atoms with Crippen LogP contribution in [0.5, 0.6) is 0 Å². The summed E-state index contributed by atoms with van der Waals surface area (Å²) in [5, 5.41) is 31.7. The highest BCUT2D eigenvalue weighted by Gasteiger charge is 2.17. The number of carboxylic acids is 1. The Bertz CT molecular complexity index is 773. The topological polar surface area (TPSA) is 128 Å². The van der Waals surface area contributed by atoms with E-state index in [-0.39, 0.29) is 19.1 Å². The van der Waals surface area contributed by atoms with Crippen molar-refractivity contribution in [3.05, 3.63) is 48.1 Å². The summed E-state index contributed by atoms with van der Waals surface area (Å²) in [5.41, 5.74) is 6.90. The first-order valence-corrected chi connectivity index (χ1v) is 14.2. The Labute approximate surface area is 224 Å². The number of guanidine groups is 1. The SMILES string of the molecule is CCCCCCC(O)/C=C/CN=C(N)NC(/C=C(\C=C\CC1C=CCCC1C)CCCCCO)C(=O)O. The first kappa shape index (κ1) is 32.6. The van der Waals surface area contributed by atoms with Crippen molar-refractivity contribution in [2.45, 2.75) is 103 Å². The van der Waals surface area contributed by atoms with Gasteiger partial charge in [0.1, 0.15) is 6.04 Å². The quantitative estimate of drug-likeness (QED) is 0.0523. The van der Waals surface area contributed by atoms with Crippen LogP contribution in [0.25, 0.3) is 0 Å². The fraction of sp³-hybridized carbons (Fsp3) is 0.667. The van der Waals surface area contributed by atoms with E-state index in [0.29, 0.717) is 11.8 Å². The second-order valence-electron chi connectivity index (χ2n) is 10.1. The molecule has 4 unspecified atom stereocenters. The summed E-state index contributed by atoms with van der Waals surface area (Å²) in [6.07, 6.45) is 25.1. The number of allylic oxidation sites excluding steroid dienone is 5. The molecule has 4 atom stereocenters. The molecule has 0 saturated heterocycles. The number of aliphatic hydroxyl groups is 2. The summed E-state index contributed by atoms with van der Waals surface area (Å²) in [6, 6.07) is -0.997. The highest BCUT2D eigenvalue weighted by Crippen LogP contribution is 2.27. The van der Waals surface area contributed by atoms with E-state index in [1.807, 2.05) is 6.08 Å². The number of nitrogens with one attached hydrogen (secondary N) is 1. The lowest BCUT2D eigenvalue weighted by molar-refractivity contribution is -0.137. The zero-order valence-corrected chi connectivity index (χ0v) is 23.0. The highest BCUT2D eigenvalue weighted by atomic mass is 16.4. The molecule has 0 amide bonds. The monoisotopic (exact) mass is 517 g/mol. The van der Waals surface area contributed by atoms with Gasteiger partial charge in [-0.25, -0.2) is 9.79 Å². The molecule has 7 nitrogen and oxygen atoms in total. The van der Waals surface area contributed by atoms with Crippen molar-refractivity contribution >= 4 is 11.9 Å². The van der Waals surface area contributed by atoms with Crippen LogP contribution in [0.1, 0.15) is 90.9 Å². The molecular weight excluding hydrogens is 466 g/mol. The molecule has 1 rings (SSSR count). The fourth-order valence-corrected chi connectivity index (χ4v) is 4.40. The number of unbranched alkanes of at least 4 members (excludes halogenated alkanes) is 5. The van der Waals surface area contributed by atoms with Crippen LogP contribution in [0.2, 0.25) is 0 Å². The smallest absolute Gasteiger partial charge is 0.330 e. The Balaban J connectivity index is 2.74. The third-order valence-electron chi connectivity index (χ3n) is 6.80. The van der Waals surface area contributed by atoms with Crippen LogP contribution < -0.4 is 11.1 Å². The van der Waals surface area contributed by atoms with Crippen molar-refractivity contribution in [3.63, 3.8) is 0 Å². The molecule has 1 aliphatic rings. The van der Waals surface area contributed by atoms with Crippen molar-refractivity contribution in [3.8, 4) is 0 Å². The number of carbonyl (C=O) groups is 1. The normalized spacial score (nSPS) is 20.5. The number of nitrogens with two attached hydrogens (primary N) is 1. The lowest BCUT2D eigenvalue weighted by atomic mass is 9.83. The highest BCUT2D eigenvalue weighted by molar-refractivity contribution is 5.86. The molecule has 6 N–H and O–H groups in total. The Kier molecular flexibility index (Phi) is 18.2. The molecule has 0 spiro atoms. The lowest BCUT2D eigenvalue weighted by Gasteiger charge is -2.22. The molecular formula is C30H51N3O4. The van der Waals surface area contributed by atoms with Crippen molar-refractivity contribution in [2.75, 3.05) is 13.2 Å². The van der Waals surface area contributed by atoms with Gasteiger partial charge in [-0.05, 0) is 68.4 Å². The third kappa shape index (κ3) is 16.2. The maximum Gasteiger partial charge on any atom is 0.330 e. The van der Waals surface area contributed by atoms with Crippen LogP contribution in [0.15, 0.2) is 53.1 Å². The number of rotatable bonds is 19. The molecule has 0 bridgehead atoms. The predicted molar refractivity (Wildman–Crippen MR) is 153 cm³/mol. The summed E-state index contributed by atoms with van der Waals surface area (Å²) in [6.45, 7) is 4.87. The van der Waals surface area contributed by atoms with Gasteiger partial charge < -0.3 is 26.4 Å². The van der Waals surface area contributed by atoms with E-state index in [9.17, 15) is 15.0 Å². The maximum absolute atomic E-state index is 11.9. The van der Waals surface area contributed by atoms with Gasteiger partial charge in [-0.3, -0.25) is 0 Å². The molecule has 0 fully saturated rings. The summed E-state index contributed by atoms with van der Waals surface area (Å²) >= 11 is 0. The van der Waals surface area contributed by atoms with Gasteiger partial charge in [0.05, 0.1) is 12.6 Å². The van der Waals surface area contributed by atoms with Crippen molar-refractivity contribution in [1.82, 2.24) is 5.32 Å². The molecule has 0 radical (unpaired) electrons. The van der Waals surface area contributed by atoms with E-state index >= 15 is 0 Å². The molecule has 0 heterocycles. The second-order valence-corrected chi connectivity index (χ2v) is 10.1. The van der Waals surface area contributed by atoms with E-state index in [1.165, 1.54) is 12.8 Å². The summed E-state index contributed by atoms with van der Waals surface area (Å²) in [7, 11) is 0. The molecule has 0 aromatic heterocycles. The number of aliphatic imine (C=N–C) groups is 1. The summed E-state index contributed by atoms with van der Waals surface area (Å²) in [5.74, 6) is 0.184. The zero-order valence-electron chi connectivity index (χ0n) is 23.0. The van der Waals surface area contributed by atoms with Gasteiger partial charge in [-0.15, -0.1) is 0 Å². The van der Waals surface area contributed by atoms with Crippen molar-refractivity contribution in [1.29, 1.82) is 0 Å². The largest absolute Gasteiger partial charge is 0.479 e. The van der Waals surface area contributed by atoms with Gasteiger partial charge in [-0.1, -0.05) is 82.4 Å². The van der Waals surface area contributed by atoms with Crippen LogP contribution in [-0.2, 0) is 4.79 Å². The van der Waals surface area contributed by atoms with Crippen molar-refractivity contribution in [2.24, 2.45) is 22.6 Å². The number of hydrogen-bond acceptors (Lipinski definition) is 4. The van der Waals surface area contributed by atoms with Gasteiger partial charge in [0.2, 0.25) is 0 Å². The minimum atomic E-state index is -1.03. The van der Waals surface area contributed by atoms with E-state index in [1.54, 1.807) is 18.2 Å². The lowest BCUT2D eigenvalue weighted by Crippen LogP contribution is -2.43. The minimum absolute atomic E-state index is 0.0514. The minimum Gasteiger partial charge on any atom is -0.479 e. The average molecular weight is 518 g/mol. The van der Waals surface area contributed by atoms with E-state index in [2.05, 4.69) is 42.4 Å². The van der Waals surface area contributed by atoms with Crippen LogP contribution in [0.3, 0.4) is 0 Å². The molecule has 0 aliphatic heterocycles. The number of carboxylic acid groups (broad SMARTS) is 1. The number of aliphatic hydroxyl groups excluding tert-OH is 2. The first-order valence-electron chi connectivity index (χ1n) is 14.2. The fourth-order valence-electron chi connectivity index (χ4n) is 4.40. The Hall–Kier alpha value is -2.38. The number of aliphatic carboxylic acids is 1. The van der Waals surface area contributed by atoms with Gasteiger partial charge in [-0.2, -0.15) is 0 Å². The summed E-state index contributed by atoms with van der Waals surface area (Å²) < 4.78 is 0. The third-order valence-corrected chi connectivity index (χ3v) is 6.80. The van der Waals surface area contributed by atoms with Crippen LogP contribution in [0.4, 0.5) is 0 Å². The average Bonchev–Trinajstić information content (AvgIpc) is 2.87. The van der Waals surface area contributed by atoms with Crippen LogP contribution in [0, 0.1) is 11.8 Å². The molecule has 0 aromatic rings. The Morgan fingerprint density at radius 3 is 2.68 bits per heavy atom. The van der Waals surface area contributed by atoms with E-state index < -0.39 is 18.1 Å². The Morgan fingerprint density at radius 2 is 1.97 bits per heavy atom. The molecule has 0 aromatic carbocycles. The standard InChI is InChI=1S/C30H51N3O4/c1-3-4-5-8-19-27(35)20-13-21-32-30(31)33-28(29(36)37)23-25(15-7-6-11-22-34)16-12-18-26-17-10-9-14-24(26)2/h10,12-13,16-17,20,23-24,26-28,34-35H,3-9,11,14-15,18-19,21-22H2,1-2H3,(H,36,37)(H3,31,32,33)/b16-12+,20-13+,25-23-. The summed E-state index contributed by atoms with van der Waals surface area (Å²) in [4.78, 5) is 16.1.